The maximum Gasteiger partial charge on any atom is 0.0630 e. The van der Waals surface area contributed by atoms with Crippen LogP contribution in [0.4, 0.5) is 0 Å². The summed E-state index contributed by atoms with van der Waals surface area (Å²) in [5.41, 5.74) is 0. The Balaban J connectivity index is 1.74. The summed E-state index contributed by atoms with van der Waals surface area (Å²) in [7, 11) is 4.10. The number of nitrogens with zero attached hydrogens (tertiary/aromatic N) is 3. The topological polar surface area (TPSA) is 19.0 Å². The normalized spacial score (nSPS) is 27.4. The SMILES string of the molecule is CCC(C)CN1CCN(CCC2CCN(C)CC2)CC1COC. The van der Waals surface area contributed by atoms with Gasteiger partial charge in [-0.3, -0.25) is 4.90 Å². The average Bonchev–Trinajstić information content (AvgIpc) is 2.56. The molecule has 0 N–H and O–H groups in total. The standard InChI is InChI=1S/C19H39N3O/c1-5-17(2)14-22-13-12-21(15-19(22)16-23-4)11-8-18-6-9-20(3)10-7-18/h17-19H,5-16H2,1-4H3. The second kappa shape index (κ2) is 9.97. The summed E-state index contributed by atoms with van der Waals surface area (Å²) in [5.74, 6) is 1.74. The molecule has 4 nitrogen and oxygen atoms in total. The smallest absolute Gasteiger partial charge is 0.0630 e. The van der Waals surface area contributed by atoms with Crippen molar-refractivity contribution in [2.24, 2.45) is 11.8 Å². The van der Waals surface area contributed by atoms with E-state index in [0.717, 1.165) is 18.4 Å². The Hall–Kier alpha value is -0.160. The van der Waals surface area contributed by atoms with Crippen LogP contribution in [0.5, 0.6) is 0 Å². The Labute approximate surface area is 144 Å². The number of methoxy groups -OCH3 is 1. The summed E-state index contributed by atoms with van der Waals surface area (Å²) in [5, 5.41) is 0. The van der Waals surface area contributed by atoms with Gasteiger partial charge in [0.25, 0.3) is 0 Å². The molecule has 2 rings (SSSR count). The van der Waals surface area contributed by atoms with Crippen molar-refractivity contribution in [3.8, 4) is 0 Å². The Kier molecular flexibility index (Phi) is 8.31. The van der Waals surface area contributed by atoms with Crippen molar-refractivity contribution in [3.63, 3.8) is 0 Å². The van der Waals surface area contributed by atoms with Gasteiger partial charge in [-0.2, -0.15) is 0 Å². The zero-order chi connectivity index (χ0) is 16.7. The van der Waals surface area contributed by atoms with Crippen LogP contribution in [0.3, 0.4) is 0 Å². The van der Waals surface area contributed by atoms with Gasteiger partial charge >= 0.3 is 0 Å². The molecule has 0 aromatic rings. The lowest BCUT2D eigenvalue weighted by Crippen LogP contribution is -2.56. The lowest BCUT2D eigenvalue weighted by molar-refractivity contribution is 0.0152. The van der Waals surface area contributed by atoms with Crippen LogP contribution < -0.4 is 0 Å². The largest absolute Gasteiger partial charge is 0.383 e. The third-order valence-electron chi connectivity index (χ3n) is 5.98. The van der Waals surface area contributed by atoms with Gasteiger partial charge in [-0.25, -0.2) is 0 Å². The van der Waals surface area contributed by atoms with E-state index in [1.165, 1.54) is 71.5 Å². The monoisotopic (exact) mass is 325 g/mol. The van der Waals surface area contributed by atoms with Crippen LogP contribution in [0.25, 0.3) is 0 Å². The van der Waals surface area contributed by atoms with E-state index >= 15 is 0 Å². The highest BCUT2D eigenvalue weighted by Crippen LogP contribution is 2.21. The molecule has 0 aromatic heterocycles. The van der Waals surface area contributed by atoms with E-state index in [0.29, 0.717) is 6.04 Å². The number of piperazine rings is 1. The molecule has 0 saturated carbocycles. The number of hydrogen-bond donors (Lipinski definition) is 0. The fourth-order valence-electron chi connectivity index (χ4n) is 4.00. The van der Waals surface area contributed by atoms with Gasteiger partial charge < -0.3 is 14.5 Å². The molecule has 0 radical (unpaired) electrons. The van der Waals surface area contributed by atoms with Crippen molar-refractivity contribution in [2.45, 2.75) is 45.6 Å². The summed E-state index contributed by atoms with van der Waals surface area (Å²) < 4.78 is 5.51. The van der Waals surface area contributed by atoms with Crippen molar-refractivity contribution in [1.82, 2.24) is 14.7 Å². The lowest BCUT2D eigenvalue weighted by atomic mass is 9.93. The molecular weight excluding hydrogens is 286 g/mol. The minimum atomic E-state index is 0.584. The van der Waals surface area contributed by atoms with Gasteiger partial charge in [0.05, 0.1) is 6.61 Å². The first kappa shape index (κ1) is 19.2. The summed E-state index contributed by atoms with van der Waals surface area (Å²) in [6.07, 6.45) is 5.45. The van der Waals surface area contributed by atoms with E-state index in [1.54, 1.807) is 0 Å². The first-order valence-corrected chi connectivity index (χ1v) is 9.76. The molecule has 0 amide bonds. The third kappa shape index (κ3) is 6.33. The Morgan fingerprint density at radius 3 is 2.52 bits per heavy atom. The van der Waals surface area contributed by atoms with Crippen molar-refractivity contribution in [1.29, 1.82) is 0 Å². The summed E-state index contributed by atoms with van der Waals surface area (Å²) >= 11 is 0. The fourth-order valence-corrected chi connectivity index (χ4v) is 4.00. The predicted octanol–water partition coefficient (Wildman–Crippen LogP) is 2.40. The Morgan fingerprint density at radius 1 is 1.13 bits per heavy atom. The number of rotatable bonds is 8. The fraction of sp³-hybridized carbons (Fsp3) is 1.00. The van der Waals surface area contributed by atoms with Crippen LogP contribution in [0.2, 0.25) is 0 Å². The molecule has 4 heteroatoms. The van der Waals surface area contributed by atoms with Crippen LogP contribution in [-0.2, 0) is 4.74 Å². The van der Waals surface area contributed by atoms with E-state index in [-0.39, 0.29) is 0 Å². The summed E-state index contributed by atoms with van der Waals surface area (Å²) in [4.78, 5) is 7.83. The predicted molar refractivity (Wildman–Crippen MR) is 98.0 cm³/mol. The molecule has 2 aliphatic heterocycles. The van der Waals surface area contributed by atoms with E-state index in [4.69, 9.17) is 4.74 Å². The maximum absolute atomic E-state index is 5.51. The number of ether oxygens (including phenoxy) is 1. The Bertz CT molecular complexity index is 318. The minimum absolute atomic E-state index is 0.584. The van der Waals surface area contributed by atoms with Gasteiger partial charge in [0, 0.05) is 39.3 Å². The highest BCUT2D eigenvalue weighted by atomic mass is 16.5. The second-order valence-corrected chi connectivity index (χ2v) is 7.95. The first-order chi connectivity index (χ1) is 11.1. The van der Waals surface area contributed by atoms with Gasteiger partial charge in [0.2, 0.25) is 0 Å². The summed E-state index contributed by atoms with van der Waals surface area (Å²) in [6.45, 7) is 14.3. The molecule has 0 aliphatic carbocycles. The van der Waals surface area contributed by atoms with E-state index in [1.807, 2.05) is 7.11 Å². The van der Waals surface area contributed by atoms with Crippen LogP contribution in [-0.4, -0.2) is 87.3 Å². The molecule has 2 atom stereocenters. The molecule has 2 aliphatic rings. The van der Waals surface area contributed by atoms with Gasteiger partial charge in [-0.15, -0.1) is 0 Å². The van der Waals surface area contributed by atoms with E-state index in [2.05, 4.69) is 35.6 Å². The quantitative estimate of drug-likeness (QED) is 0.682. The van der Waals surface area contributed by atoms with E-state index in [9.17, 15) is 0 Å². The maximum atomic E-state index is 5.51. The molecule has 2 heterocycles. The van der Waals surface area contributed by atoms with Gasteiger partial charge in [-0.05, 0) is 57.8 Å². The zero-order valence-corrected chi connectivity index (χ0v) is 16.0. The highest BCUT2D eigenvalue weighted by molar-refractivity contribution is 4.83. The molecule has 0 bridgehead atoms. The molecule has 2 fully saturated rings. The molecule has 2 saturated heterocycles. The molecule has 0 aromatic carbocycles. The molecule has 23 heavy (non-hydrogen) atoms. The van der Waals surface area contributed by atoms with Gasteiger partial charge in [0.15, 0.2) is 0 Å². The lowest BCUT2D eigenvalue weighted by Gasteiger charge is -2.42. The second-order valence-electron chi connectivity index (χ2n) is 7.95. The highest BCUT2D eigenvalue weighted by Gasteiger charge is 2.28. The van der Waals surface area contributed by atoms with Crippen molar-refractivity contribution in [2.75, 3.05) is 66.6 Å². The molecule has 136 valence electrons. The van der Waals surface area contributed by atoms with Crippen molar-refractivity contribution >= 4 is 0 Å². The van der Waals surface area contributed by atoms with Gasteiger partial charge in [-0.1, -0.05) is 20.3 Å². The number of likely N-dealkylation sites (tertiary alicyclic amines) is 1. The minimum Gasteiger partial charge on any atom is -0.383 e. The van der Waals surface area contributed by atoms with Crippen LogP contribution >= 0.6 is 0 Å². The van der Waals surface area contributed by atoms with Crippen LogP contribution in [0.15, 0.2) is 0 Å². The number of hydrogen-bond acceptors (Lipinski definition) is 4. The molecular formula is C19H39N3O. The molecule has 0 spiro atoms. The van der Waals surface area contributed by atoms with Crippen LogP contribution in [0.1, 0.15) is 39.5 Å². The van der Waals surface area contributed by atoms with Crippen molar-refractivity contribution < 1.29 is 4.74 Å². The van der Waals surface area contributed by atoms with E-state index < -0.39 is 0 Å². The number of piperidine rings is 1. The van der Waals surface area contributed by atoms with Gasteiger partial charge in [0.1, 0.15) is 0 Å². The Morgan fingerprint density at radius 2 is 1.87 bits per heavy atom. The van der Waals surface area contributed by atoms with Crippen LogP contribution in [0, 0.1) is 11.8 Å². The zero-order valence-electron chi connectivity index (χ0n) is 16.0. The molecule has 2 unspecified atom stereocenters. The summed E-state index contributed by atoms with van der Waals surface area (Å²) in [6, 6.07) is 0.584. The average molecular weight is 326 g/mol. The third-order valence-corrected chi connectivity index (χ3v) is 5.98. The first-order valence-electron chi connectivity index (χ1n) is 9.76. The van der Waals surface area contributed by atoms with Crippen molar-refractivity contribution in [3.05, 3.63) is 0 Å².